The van der Waals surface area contributed by atoms with Crippen LogP contribution in [0.15, 0.2) is 18.2 Å². The number of Topliss-reactive ketones (excluding diaryl/α,β-unsaturated/α-hetero) is 3. The molecule has 3 aliphatic carbocycles. The number of carbonyl (C=O) groups is 3. The maximum atomic E-state index is 13.9. The summed E-state index contributed by atoms with van der Waals surface area (Å²) in [5.41, 5.74) is -13.1. The zero-order valence-corrected chi connectivity index (χ0v) is 20.4. The fraction of sp³-hybridized carbons (Fsp3) is 0.640. The Kier molecular flexibility index (Phi) is 5.08. The van der Waals surface area contributed by atoms with Crippen LogP contribution in [-0.2, 0) is 14.3 Å². The van der Waals surface area contributed by atoms with E-state index in [-0.39, 0.29) is 12.2 Å². The molecular formula is C25H28O13. The molecule has 2 saturated carbocycles. The van der Waals surface area contributed by atoms with Gasteiger partial charge in [0.1, 0.15) is 29.7 Å². The number of hydrogen-bond donors (Lipinski definition) is 7. The summed E-state index contributed by atoms with van der Waals surface area (Å²) in [4.78, 5) is 41.2. The van der Waals surface area contributed by atoms with Gasteiger partial charge in [-0.3, -0.25) is 14.4 Å². The molecule has 6 rings (SSSR count). The van der Waals surface area contributed by atoms with Gasteiger partial charge >= 0.3 is 0 Å². The second-order valence-corrected chi connectivity index (χ2v) is 11.4. The Morgan fingerprint density at radius 2 is 1.66 bits per heavy atom. The largest absolute Gasteiger partial charge is 0.461 e. The van der Waals surface area contributed by atoms with Crippen molar-refractivity contribution in [2.45, 2.75) is 97.9 Å². The van der Waals surface area contributed by atoms with Gasteiger partial charge in [-0.15, -0.1) is 0 Å². The third kappa shape index (κ3) is 2.73. The van der Waals surface area contributed by atoms with E-state index in [9.17, 15) is 50.1 Å². The van der Waals surface area contributed by atoms with Gasteiger partial charge < -0.3 is 50.0 Å². The molecule has 0 spiro atoms. The van der Waals surface area contributed by atoms with Gasteiger partial charge in [-0.25, -0.2) is 0 Å². The first-order chi connectivity index (χ1) is 17.6. The molecule has 1 aromatic carbocycles. The monoisotopic (exact) mass is 536 g/mol. The summed E-state index contributed by atoms with van der Waals surface area (Å²) in [5.74, 6) is -3.88. The minimum absolute atomic E-state index is 0.234. The number of aliphatic hydroxyl groups is 7. The van der Waals surface area contributed by atoms with Crippen molar-refractivity contribution < 1.29 is 64.3 Å². The number of hydrogen-bond acceptors (Lipinski definition) is 13. The van der Waals surface area contributed by atoms with Crippen LogP contribution in [0, 0.1) is 0 Å². The lowest BCUT2D eigenvalue weighted by molar-refractivity contribution is -0.268. The molecule has 11 atom stereocenters. The zero-order valence-electron chi connectivity index (χ0n) is 20.4. The average Bonchev–Trinajstić information content (AvgIpc) is 3.51. The Hall–Kier alpha value is -2.33. The van der Waals surface area contributed by atoms with Crippen molar-refractivity contribution >= 4 is 17.3 Å². The average molecular weight is 536 g/mol. The van der Waals surface area contributed by atoms with Gasteiger partial charge in [-0.1, -0.05) is 12.1 Å². The lowest BCUT2D eigenvalue weighted by Gasteiger charge is -2.54. The van der Waals surface area contributed by atoms with E-state index in [0.29, 0.717) is 0 Å². The molecule has 2 heterocycles. The van der Waals surface area contributed by atoms with Gasteiger partial charge in [0, 0.05) is 24.8 Å². The Labute approximate surface area is 215 Å². The molecule has 38 heavy (non-hydrogen) atoms. The third-order valence-corrected chi connectivity index (χ3v) is 8.84. The molecule has 4 fully saturated rings. The van der Waals surface area contributed by atoms with E-state index in [2.05, 4.69) is 0 Å². The summed E-state index contributed by atoms with van der Waals surface area (Å²) in [5, 5.41) is 75.7. The molecule has 2 saturated heterocycles. The number of fused-ring (bicyclic) bond motifs is 2. The molecule has 13 nitrogen and oxygen atoms in total. The van der Waals surface area contributed by atoms with E-state index in [1.165, 1.54) is 26.0 Å². The molecule has 206 valence electrons. The first kappa shape index (κ1) is 25.9. The normalized spacial score (nSPS) is 51.4. The van der Waals surface area contributed by atoms with Crippen LogP contribution in [0.2, 0.25) is 0 Å². The first-order valence-corrected chi connectivity index (χ1v) is 12.3. The van der Waals surface area contributed by atoms with Crippen LogP contribution in [0.3, 0.4) is 0 Å². The number of rotatable bonds is 2. The highest BCUT2D eigenvalue weighted by Crippen LogP contribution is 2.71. The fourth-order valence-electron chi connectivity index (χ4n) is 7.04. The second kappa shape index (κ2) is 7.44. The SMILES string of the molecule is C[C@@H]1O[C@@H](Oc2cccc3c2C(=O)C2(O)C(O)CC45CC(C)(O)CC(=O)C4(O5)C2(O)C3=O)[C@H](O)[C@H](O)[C@H]1O. The van der Waals surface area contributed by atoms with Gasteiger partial charge in [-0.2, -0.15) is 0 Å². The molecule has 0 radical (unpaired) electrons. The third-order valence-electron chi connectivity index (χ3n) is 8.84. The topological polar surface area (TPSA) is 224 Å². The van der Waals surface area contributed by atoms with Crippen molar-refractivity contribution in [2.75, 3.05) is 0 Å². The predicted molar refractivity (Wildman–Crippen MR) is 120 cm³/mol. The lowest BCUT2D eigenvalue weighted by atomic mass is 9.49. The van der Waals surface area contributed by atoms with Gasteiger partial charge in [0.25, 0.3) is 0 Å². The number of aliphatic hydroxyl groups excluding tert-OH is 4. The molecule has 13 heteroatoms. The van der Waals surface area contributed by atoms with Gasteiger partial charge in [0.15, 0.2) is 17.0 Å². The standard InChI is InChI=1S/C25H28O13/c1-9-15(28)16(29)17(30)20(36-9)37-11-5-3-4-10-14(11)19(32)23(34)12(26)7-22-8-21(2,33)6-13(27)25(22,38-22)24(23,35)18(10)31/h3-5,9,12,15-17,20,26,28-30,33-35H,6-8H2,1-2H3/t9-,12?,15-,16+,17+,20-,21?,22?,23?,24?,25?/m0/s1. The number of benzene rings is 1. The Balaban J connectivity index is 1.47. The van der Waals surface area contributed by atoms with Crippen molar-refractivity contribution in [3.8, 4) is 5.75 Å². The van der Waals surface area contributed by atoms with Crippen molar-refractivity contribution in [1.82, 2.24) is 0 Å². The molecule has 6 unspecified atom stereocenters. The van der Waals surface area contributed by atoms with Crippen LogP contribution in [0.25, 0.3) is 0 Å². The van der Waals surface area contributed by atoms with Crippen LogP contribution < -0.4 is 4.74 Å². The molecule has 1 aromatic rings. The molecule has 2 aliphatic heterocycles. The number of ketones is 3. The molecule has 0 bridgehead atoms. The van der Waals surface area contributed by atoms with E-state index >= 15 is 0 Å². The molecular weight excluding hydrogens is 508 g/mol. The van der Waals surface area contributed by atoms with Crippen LogP contribution >= 0.6 is 0 Å². The molecule has 5 aliphatic rings. The first-order valence-electron chi connectivity index (χ1n) is 12.3. The minimum atomic E-state index is -3.23. The summed E-state index contributed by atoms with van der Waals surface area (Å²) in [6.45, 7) is 2.78. The van der Waals surface area contributed by atoms with Gasteiger partial charge in [-0.05, 0) is 19.9 Å². The zero-order chi connectivity index (χ0) is 27.8. The predicted octanol–water partition coefficient (Wildman–Crippen LogP) is -2.88. The van der Waals surface area contributed by atoms with Crippen molar-refractivity contribution in [1.29, 1.82) is 0 Å². The summed E-state index contributed by atoms with van der Waals surface area (Å²) in [7, 11) is 0. The Morgan fingerprint density at radius 1 is 0.974 bits per heavy atom. The van der Waals surface area contributed by atoms with Crippen LogP contribution in [-0.4, -0.2) is 118 Å². The number of epoxide rings is 1. The molecule has 0 aromatic heterocycles. The van der Waals surface area contributed by atoms with Crippen LogP contribution in [0.4, 0.5) is 0 Å². The van der Waals surface area contributed by atoms with E-state index in [1.54, 1.807) is 0 Å². The van der Waals surface area contributed by atoms with Crippen molar-refractivity contribution in [3.63, 3.8) is 0 Å². The summed E-state index contributed by atoms with van der Waals surface area (Å²) >= 11 is 0. The highest BCUT2D eigenvalue weighted by molar-refractivity contribution is 6.26. The summed E-state index contributed by atoms with van der Waals surface area (Å²) < 4.78 is 16.8. The summed E-state index contributed by atoms with van der Waals surface area (Å²) in [6, 6.07) is 3.65. The fourth-order valence-corrected chi connectivity index (χ4v) is 7.04. The van der Waals surface area contributed by atoms with Crippen LogP contribution in [0.5, 0.6) is 5.75 Å². The highest BCUT2D eigenvalue weighted by atomic mass is 16.7. The minimum Gasteiger partial charge on any atom is -0.461 e. The number of ether oxygens (including phenoxy) is 3. The lowest BCUT2D eigenvalue weighted by Crippen LogP contribution is -2.83. The maximum absolute atomic E-state index is 13.9. The Bertz CT molecular complexity index is 1280. The number of carbonyl (C=O) groups excluding carboxylic acids is 3. The van der Waals surface area contributed by atoms with E-state index in [0.717, 1.165) is 6.07 Å². The smallest absolute Gasteiger partial charge is 0.229 e. The summed E-state index contributed by atoms with van der Waals surface area (Å²) in [6.07, 6.45) is -10.8. The van der Waals surface area contributed by atoms with Gasteiger partial charge in [0.05, 0.1) is 23.4 Å². The van der Waals surface area contributed by atoms with E-state index < -0.39 is 106 Å². The van der Waals surface area contributed by atoms with E-state index in [4.69, 9.17) is 14.2 Å². The van der Waals surface area contributed by atoms with Crippen LogP contribution in [0.1, 0.15) is 53.8 Å². The molecule has 7 N–H and O–H groups in total. The Morgan fingerprint density at radius 3 is 2.34 bits per heavy atom. The van der Waals surface area contributed by atoms with Crippen molar-refractivity contribution in [2.24, 2.45) is 0 Å². The van der Waals surface area contributed by atoms with Gasteiger partial charge in [0.2, 0.25) is 23.5 Å². The van der Waals surface area contributed by atoms with E-state index in [1.807, 2.05) is 0 Å². The van der Waals surface area contributed by atoms with Crippen molar-refractivity contribution in [3.05, 3.63) is 29.3 Å². The molecule has 0 amide bonds. The maximum Gasteiger partial charge on any atom is 0.229 e. The highest BCUT2D eigenvalue weighted by Gasteiger charge is 2.95. The second-order valence-electron chi connectivity index (χ2n) is 11.4. The quantitative estimate of drug-likeness (QED) is 0.189.